The fourth-order valence-electron chi connectivity index (χ4n) is 1.28. The average molecular weight is 176 g/mol. The smallest absolute Gasteiger partial charge is 0.0916 e. The summed E-state index contributed by atoms with van der Waals surface area (Å²) in [6.07, 6.45) is 4.05. The van der Waals surface area contributed by atoms with Crippen molar-refractivity contribution < 1.29 is 4.74 Å². The van der Waals surface area contributed by atoms with Gasteiger partial charge in [-0.3, -0.25) is 0 Å². The molecule has 0 spiro atoms. The highest BCUT2D eigenvalue weighted by molar-refractivity contribution is 5.15. The maximum absolute atomic E-state index is 5.18. The van der Waals surface area contributed by atoms with Gasteiger partial charge in [-0.2, -0.15) is 0 Å². The lowest BCUT2D eigenvalue weighted by molar-refractivity contribution is 0.276. The van der Waals surface area contributed by atoms with Crippen LogP contribution in [0.5, 0.6) is 0 Å². The van der Waals surface area contributed by atoms with Gasteiger partial charge in [-0.15, -0.1) is 0 Å². The first-order chi connectivity index (χ1) is 6.36. The van der Waals surface area contributed by atoms with Crippen molar-refractivity contribution in [3.05, 3.63) is 47.7 Å². The van der Waals surface area contributed by atoms with Crippen LogP contribution in [0, 0.1) is 0 Å². The first-order valence-corrected chi connectivity index (χ1v) is 4.60. The maximum Gasteiger partial charge on any atom is 0.0916 e. The Hall–Kier alpha value is -1.24. The van der Waals surface area contributed by atoms with Crippen molar-refractivity contribution in [2.75, 3.05) is 7.11 Å². The molecule has 1 rings (SSSR count). The zero-order chi connectivity index (χ0) is 9.52. The molecule has 0 saturated heterocycles. The van der Waals surface area contributed by atoms with Crippen LogP contribution in [0.3, 0.4) is 0 Å². The van der Waals surface area contributed by atoms with Crippen molar-refractivity contribution in [2.45, 2.75) is 19.8 Å². The average Bonchev–Trinajstić information content (AvgIpc) is 2.21. The highest BCUT2D eigenvalue weighted by atomic mass is 16.5. The minimum absolute atomic E-state index is 0.983. The normalized spacial score (nSPS) is 11.4. The highest BCUT2D eigenvalue weighted by Gasteiger charge is 1.95. The molecule has 1 heteroatoms. The molecule has 0 radical (unpaired) electrons. The Kier molecular flexibility index (Phi) is 4.10. The number of benzene rings is 1. The number of ether oxygens (including phenoxy) is 1. The first kappa shape index (κ1) is 9.85. The van der Waals surface area contributed by atoms with Crippen LogP contribution in [0.15, 0.2) is 42.2 Å². The van der Waals surface area contributed by atoms with E-state index in [-0.39, 0.29) is 0 Å². The van der Waals surface area contributed by atoms with E-state index >= 15 is 0 Å². The molecule has 0 fully saturated rings. The molecule has 0 bridgehead atoms. The van der Waals surface area contributed by atoms with Gasteiger partial charge in [-0.25, -0.2) is 0 Å². The molecule has 70 valence electrons. The van der Waals surface area contributed by atoms with Gasteiger partial charge in [0.25, 0.3) is 0 Å². The van der Waals surface area contributed by atoms with Crippen LogP contribution < -0.4 is 0 Å². The SMILES string of the molecule is C/C=C(\CCc1ccccc1)OC. The predicted octanol–water partition coefficient (Wildman–Crippen LogP) is 3.17. The second kappa shape index (κ2) is 5.41. The summed E-state index contributed by atoms with van der Waals surface area (Å²) < 4.78 is 5.18. The lowest BCUT2D eigenvalue weighted by Crippen LogP contribution is -1.90. The zero-order valence-corrected chi connectivity index (χ0v) is 8.29. The fourth-order valence-corrected chi connectivity index (χ4v) is 1.28. The second-order valence-corrected chi connectivity index (χ2v) is 2.94. The van der Waals surface area contributed by atoms with Gasteiger partial charge in [0.15, 0.2) is 0 Å². The third-order valence-corrected chi connectivity index (χ3v) is 2.09. The van der Waals surface area contributed by atoms with Crippen LogP contribution in [-0.2, 0) is 11.2 Å². The van der Waals surface area contributed by atoms with Crippen molar-refractivity contribution in [3.63, 3.8) is 0 Å². The largest absolute Gasteiger partial charge is 0.501 e. The van der Waals surface area contributed by atoms with Crippen LogP contribution >= 0.6 is 0 Å². The Morgan fingerprint density at radius 1 is 1.31 bits per heavy atom. The van der Waals surface area contributed by atoms with E-state index in [4.69, 9.17) is 4.74 Å². The van der Waals surface area contributed by atoms with Crippen molar-refractivity contribution in [1.29, 1.82) is 0 Å². The first-order valence-electron chi connectivity index (χ1n) is 4.60. The molecule has 0 unspecified atom stereocenters. The van der Waals surface area contributed by atoms with Gasteiger partial charge in [0.1, 0.15) is 0 Å². The van der Waals surface area contributed by atoms with Crippen LogP contribution in [0.25, 0.3) is 0 Å². The number of hydrogen-bond donors (Lipinski definition) is 0. The fraction of sp³-hybridized carbons (Fsp3) is 0.333. The van der Waals surface area contributed by atoms with Gasteiger partial charge in [0.2, 0.25) is 0 Å². The second-order valence-electron chi connectivity index (χ2n) is 2.94. The van der Waals surface area contributed by atoms with Crippen LogP contribution in [0.2, 0.25) is 0 Å². The van der Waals surface area contributed by atoms with Crippen molar-refractivity contribution in [3.8, 4) is 0 Å². The van der Waals surface area contributed by atoms with Crippen molar-refractivity contribution in [1.82, 2.24) is 0 Å². The maximum atomic E-state index is 5.18. The van der Waals surface area contributed by atoms with E-state index < -0.39 is 0 Å². The summed E-state index contributed by atoms with van der Waals surface area (Å²) in [6.45, 7) is 2.00. The molecule has 13 heavy (non-hydrogen) atoms. The molecule has 0 aliphatic rings. The molecule has 0 atom stereocenters. The Bertz CT molecular complexity index is 262. The van der Waals surface area contributed by atoms with E-state index in [1.165, 1.54) is 5.56 Å². The van der Waals surface area contributed by atoms with E-state index in [9.17, 15) is 0 Å². The lowest BCUT2D eigenvalue weighted by atomic mass is 10.1. The Balaban J connectivity index is 2.43. The minimum atomic E-state index is 0.983. The molecule has 0 amide bonds. The predicted molar refractivity (Wildman–Crippen MR) is 55.5 cm³/mol. The summed E-state index contributed by atoms with van der Waals surface area (Å²) >= 11 is 0. The van der Waals surface area contributed by atoms with Crippen molar-refractivity contribution >= 4 is 0 Å². The summed E-state index contributed by atoms with van der Waals surface area (Å²) in [4.78, 5) is 0. The van der Waals surface area contributed by atoms with Gasteiger partial charge in [0.05, 0.1) is 12.9 Å². The molecule has 1 aromatic carbocycles. The van der Waals surface area contributed by atoms with Gasteiger partial charge in [-0.1, -0.05) is 30.3 Å². The Morgan fingerprint density at radius 3 is 2.54 bits per heavy atom. The molecular weight excluding hydrogens is 160 g/mol. The molecule has 0 aliphatic carbocycles. The Morgan fingerprint density at radius 2 is 2.00 bits per heavy atom. The molecule has 0 N–H and O–H groups in total. The third-order valence-electron chi connectivity index (χ3n) is 2.09. The van der Waals surface area contributed by atoms with E-state index in [1.54, 1.807) is 7.11 Å². The molecule has 1 nitrogen and oxygen atoms in total. The summed E-state index contributed by atoms with van der Waals surface area (Å²) in [5, 5.41) is 0. The topological polar surface area (TPSA) is 9.23 Å². The molecule has 0 saturated carbocycles. The van der Waals surface area contributed by atoms with Gasteiger partial charge in [-0.05, 0) is 25.0 Å². The summed E-state index contributed by atoms with van der Waals surface area (Å²) in [5.74, 6) is 1.06. The number of aryl methyl sites for hydroxylation is 1. The highest BCUT2D eigenvalue weighted by Crippen LogP contribution is 2.08. The van der Waals surface area contributed by atoms with E-state index in [2.05, 4.69) is 24.3 Å². The number of rotatable bonds is 4. The quantitative estimate of drug-likeness (QED) is 0.640. The van der Waals surface area contributed by atoms with Crippen LogP contribution in [0.1, 0.15) is 18.9 Å². The number of allylic oxidation sites excluding steroid dienone is 2. The molecule has 0 heterocycles. The minimum Gasteiger partial charge on any atom is -0.501 e. The molecule has 0 aromatic heterocycles. The summed E-state index contributed by atoms with van der Waals surface area (Å²) in [6, 6.07) is 10.5. The van der Waals surface area contributed by atoms with E-state index in [0.717, 1.165) is 18.6 Å². The lowest BCUT2D eigenvalue weighted by Gasteiger charge is -2.04. The monoisotopic (exact) mass is 176 g/mol. The van der Waals surface area contributed by atoms with Crippen LogP contribution in [-0.4, -0.2) is 7.11 Å². The summed E-state index contributed by atoms with van der Waals surface area (Å²) in [5.41, 5.74) is 1.36. The standard InChI is InChI=1S/C12H16O/c1-3-12(13-2)10-9-11-7-5-4-6-8-11/h3-8H,9-10H2,1-2H3/b12-3+. The van der Waals surface area contributed by atoms with E-state index in [1.807, 2.05) is 19.1 Å². The number of methoxy groups -OCH3 is 1. The third kappa shape index (κ3) is 3.32. The summed E-state index contributed by atoms with van der Waals surface area (Å²) in [7, 11) is 1.72. The molecule has 1 aromatic rings. The van der Waals surface area contributed by atoms with Gasteiger partial charge < -0.3 is 4.74 Å². The van der Waals surface area contributed by atoms with Gasteiger partial charge in [0, 0.05) is 6.42 Å². The van der Waals surface area contributed by atoms with Crippen LogP contribution in [0.4, 0.5) is 0 Å². The zero-order valence-electron chi connectivity index (χ0n) is 8.29. The van der Waals surface area contributed by atoms with Gasteiger partial charge >= 0.3 is 0 Å². The van der Waals surface area contributed by atoms with E-state index in [0.29, 0.717) is 0 Å². The Labute approximate surface area is 80.0 Å². The molecule has 0 aliphatic heterocycles. The number of hydrogen-bond acceptors (Lipinski definition) is 1. The van der Waals surface area contributed by atoms with Crippen molar-refractivity contribution in [2.24, 2.45) is 0 Å². The molecular formula is C12H16O.